The topological polar surface area (TPSA) is 70.9 Å². The minimum Gasteiger partial charge on any atom is -0.371 e. The molecule has 0 amide bonds. The Bertz CT molecular complexity index is 1000. The average Bonchev–Trinajstić information content (AvgIpc) is 3.37. The van der Waals surface area contributed by atoms with Crippen LogP contribution in [0.25, 0.3) is 11.6 Å². The van der Waals surface area contributed by atoms with E-state index in [1.807, 2.05) is 12.3 Å². The van der Waals surface area contributed by atoms with Crippen LogP contribution in [-0.2, 0) is 6.54 Å². The summed E-state index contributed by atoms with van der Waals surface area (Å²) in [5.74, 6) is 1.17. The monoisotopic (exact) mass is 377 g/mol. The van der Waals surface area contributed by atoms with Gasteiger partial charge in [-0.2, -0.15) is 4.39 Å². The number of anilines is 2. The van der Waals surface area contributed by atoms with Crippen molar-refractivity contribution in [2.24, 2.45) is 0 Å². The van der Waals surface area contributed by atoms with Crippen LogP contribution in [0.3, 0.4) is 0 Å². The van der Waals surface area contributed by atoms with Gasteiger partial charge in [0, 0.05) is 55.1 Å². The molecule has 0 aromatic carbocycles. The summed E-state index contributed by atoms with van der Waals surface area (Å²) >= 11 is 0. The highest BCUT2D eigenvalue weighted by molar-refractivity contribution is 5.58. The van der Waals surface area contributed by atoms with Crippen LogP contribution >= 0.6 is 0 Å². The summed E-state index contributed by atoms with van der Waals surface area (Å²) in [4.78, 5) is 26.0. The Hall–Kier alpha value is -3.16. The van der Waals surface area contributed by atoms with Crippen LogP contribution in [0.5, 0.6) is 0 Å². The van der Waals surface area contributed by atoms with E-state index in [9.17, 15) is 4.39 Å². The molecule has 0 radical (unpaired) electrons. The molecule has 28 heavy (non-hydrogen) atoms. The molecule has 5 heterocycles. The molecule has 0 bridgehead atoms. The van der Waals surface area contributed by atoms with Gasteiger partial charge in [-0.3, -0.25) is 0 Å². The van der Waals surface area contributed by atoms with E-state index in [1.165, 1.54) is 6.07 Å². The maximum absolute atomic E-state index is 14.3. The summed E-state index contributed by atoms with van der Waals surface area (Å²) in [5, 5.41) is 0. The molecule has 1 atom stereocenters. The lowest BCUT2D eigenvalue weighted by atomic mass is 10.1. The number of hydrogen-bond donors (Lipinski definition) is 0. The number of aromatic nitrogens is 5. The van der Waals surface area contributed by atoms with Gasteiger partial charge in [-0.1, -0.05) is 0 Å². The lowest BCUT2D eigenvalue weighted by Crippen LogP contribution is -2.23. The van der Waals surface area contributed by atoms with Gasteiger partial charge >= 0.3 is 0 Å². The average molecular weight is 377 g/mol. The molecule has 1 unspecified atom stereocenters. The van der Waals surface area contributed by atoms with Gasteiger partial charge in [-0.25, -0.2) is 24.9 Å². The van der Waals surface area contributed by atoms with Crippen LogP contribution < -0.4 is 9.80 Å². The SMILES string of the molecule is CC1c2cnc(-c3ncccn3)nc2CN1c1cc(N2CCCC2)cc(F)n1. The highest BCUT2D eigenvalue weighted by Gasteiger charge is 2.31. The van der Waals surface area contributed by atoms with E-state index < -0.39 is 5.95 Å². The Morgan fingerprint density at radius 3 is 2.57 bits per heavy atom. The molecule has 2 aliphatic heterocycles. The summed E-state index contributed by atoms with van der Waals surface area (Å²) in [6.45, 7) is 4.54. The molecule has 2 aliphatic rings. The van der Waals surface area contributed by atoms with E-state index in [2.05, 4.69) is 41.6 Å². The first-order chi connectivity index (χ1) is 13.7. The van der Waals surface area contributed by atoms with Crippen molar-refractivity contribution in [2.75, 3.05) is 22.9 Å². The highest BCUT2D eigenvalue weighted by Crippen LogP contribution is 2.37. The van der Waals surface area contributed by atoms with Gasteiger partial charge in [0.15, 0.2) is 11.6 Å². The molecule has 8 heteroatoms. The molecule has 0 saturated carbocycles. The van der Waals surface area contributed by atoms with Gasteiger partial charge in [0.2, 0.25) is 5.95 Å². The molecule has 142 valence electrons. The standard InChI is InChI=1S/C20H20FN7/c1-13-15-11-24-20(19-22-5-4-6-23-19)25-16(15)12-28(13)18-10-14(9-17(21)26-18)27-7-2-3-8-27/h4-6,9-11,13H,2-3,7-8,12H2,1H3. The van der Waals surface area contributed by atoms with Crippen molar-refractivity contribution in [3.63, 3.8) is 0 Å². The molecule has 3 aromatic rings. The number of pyridine rings is 1. The minimum atomic E-state index is -0.452. The first-order valence-corrected chi connectivity index (χ1v) is 9.51. The zero-order chi connectivity index (χ0) is 19.1. The highest BCUT2D eigenvalue weighted by atomic mass is 19.1. The third kappa shape index (κ3) is 2.94. The lowest BCUT2D eigenvalue weighted by molar-refractivity contribution is 0.577. The van der Waals surface area contributed by atoms with E-state index >= 15 is 0 Å². The summed E-state index contributed by atoms with van der Waals surface area (Å²) < 4.78 is 14.3. The number of rotatable bonds is 3. The van der Waals surface area contributed by atoms with Crippen molar-refractivity contribution in [3.8, 4) is 11.6 Å². The number of nitrogens with zero attached hydrogens (tertiary/aromatic N) is 7. The molecule has 1 saturated heterocycles. The van der Waals surface area contributed by atoms with Crippen molar-refractivity contribution < 1.29 is 4.39 Å². The van der Waals surface area contributed by atoms with E-state index in [4.69, 9.17) is 0 Å². The Balaban J connectivity index is 1.47. The maximum atomic E-state index is 14.3. The second kappa shape index (κ2) is 6.78. The zero-order valence-corrected chi connectivity index (χ0v) is 15.6. The van der Waals surface area contributed by atoms with E-state index in [-0.39, 0.29) is 6.04 Å². The largest absolute Gasteiger partial charge is 0.371 e. The molecule has 7 nitrogen and oxygen atoms in total. The fraction of sp³-hybridized carbons (Fsp3) is 0.350. The molecule has 1 fully saturated rings. The van der Waals surface area contributed by atoms with Crippen molar-refractivity contribution in [2.45, 2.75) is 32.4 Å². The maximum Gasteiger partial charge on any atom is 0.216 e. The second-order valence-corrected chi connectivity index (χ2v) is 7.17. The van der Waals surface area contributed by atoms with Crippen LogP contribution in [0.4, 0.5) is 15.9 Å². The third-order valence-electron chi connectivity index (χ3n) is 5.43. The predicted molar refractivity (Wildman–Crippen MR) is 103 cm³/mol. The van der Waals surface area contributed by atoms with Crippen LogP contribution in [0.15, 0.2) is 36.8 Å². The van der Waals surface area contributed by atoms with E-state index in [0.29, 0.717) is 24.0 Å². The normalized spacial score (nSPS) is 18.6. The molecule has 5 rings (SSSR count). The van der Waals surface area contributed by atoms with Crippen LogP contribution in [0.1, 0.15) is 37.1 Å². The lowest BCUT2D eigenvalue weighted by Gasteiger charge is -2.25. The molecule has 0 spiro atoms. The number of halogens is 1. The number of fused-ring (bicyclic) bond motifs is 1. The molecule has 0 N–H and O–H groups in total. The minimum absolute atomic E-state index is 0.0152. The third-order valence-corrected chi connectivity index (χ3v) is 5.43. The van der Waals surface area contributed by atoms with Crippen molar-refractivity contribution in [1.29, 1.82) is 0 Å². The van der Waals surface area contributed by atoms with Gasteiger partial charge in [-0.15, -0.1) is 0 Å². The zero-order valence-electron chi connectivity index (χ0n) is 15.6. The fourth-order valence-corrected chi connectivity index (χ4v) is 3.94. The Labute approximate surface area is 162 Å². The summed E-state index contributed by atoms with van der Waals surface area (Å²) in [5.41, 5.74) is 2.82. The Kier molecular flexibility index (Phi) is 4.11. The van der Waals surface area contributed by atoms with Crippen LogP contribution in [0.2, 0.25) is 0 Å². The van der Waals surface area contributed by atoms with Gasteiger partial charge in [0.25, 0.3) is 0 Å². The van der Waals surface area contributed by atoms with Gasteiger partial charge in [-0.05, 0) is 25.8 Å². The molecule has 0 aliphatic carbocycles. The summed E-state index contributed by atoms with van der Waals surface area (Å²) in [6, 6.07) is 5.27. The first-order valence-electron chi connectivity index (χ1n) is 9.51. The van der Waals surface area contributed by atoms with Crippen molar-refractivity contribution >= 4 is 11.5 Å². The fourth-order valence-electron chi connectivity index (χ4n) is 3.94. The van der Waals surface area contributed by atoms with Gasteiger partial charge in [0.05, 0.1) is 18.3 Å². The van der Waals surface area contributed by atoms with Crippen molar-refractivity contribution in [3.05, 3.63) is 54.0 Å². The summed E-state index contributed by atoms with van der Waals surface area (Å²) in [7, 11) is 0. The molecule has 3 aromatic heterocycles. The quantitative estimate of drug-likeness (QED) is 0.649. The van der Waals surface area contributed by atoms with E-state index in [1.54, 1.807) is 18.5 Å². The molecular weight excluding hydrogens is 357 g/mol. The van der Waals surface area contributed by atoms with Crippen LogP contribution in [0, 0.1) is 5.95 Å². The molecular formula is C20H20FN7. The smallest absolute Gasteiger partial charge is 0.216 e. The second-order valence-electron chi connectivity index (χ2n) is 7.17. The summed E-state index contributed by atoms with van der Waals surface area (Å²) in [6.07, 6.45) is 7.45. The van der Waals surface area contributed by atoms with Gasteiger partial charge in [0.1, 0.15) is 5.82 Å². The Morgan fingerprint density at radius 1 is 1.00 bits per heavy atom. The number of hydrogen-bond acceptors (Lipinski definition) is 7. The predicted octanol–water partition coefficient (Wildman–Crippen LogP) is 3.15. The Morgan fingerprint density at radius 2 is 1.79 bits per heavy atom. The van der Waals surface area contributed by atoms with Gasteiger partial charge < -0.3 is 9.80 Å². The van der Waals surface area contributed by atoms with E-state index in [0.717, 1.165) is 42.9 Å². The van der Waals surface area contributed by atoms with Crippen molar-refractivity contribution in [1.82, 2.24) is 24.9 Å². The first kappa shape index (κ1) is 17.0. The van der Waals surface area contributed by atoms with Crippen LogP contribution in [-0.4, -0.2) is 38.0 Å².